The number of hydrogen-bond donors (Lipinski definition) is 0. The zero-order valence-electron chi connectivity index (χ0n) is 5.57. The van der Waals surface area contributed by atoms with Crippen molar-refractivity contribution in [1.29, 1.82) is 0 Å². The first-order valence-electron chi connectivity index (χ1n) is 2.74. The van der Waals surface area contributed by atoms with Crippen LogP contribution in [0.15, 0.2) is 10.1 Å². The van der Waals surface area contributed by atoms with Crippen LogP contribution in [0.2, 0.25) is 0 Å². The summed E-state index contributed by atoms with van der Waals surface area (Å²) in [4.78, 5) is 10.7. The first-order valence-corrected chi connectivity index (χ1v) is 3.50. The molecule has 0 aromatic carbocycles. The first kappa shape index (κ1) is 7.89. The third kappa shape index (κ3) is 1.02. The average Bonchev–Trinajstić information content (AvgIpc) is 1.95. The van der Waals surface area contributed by atoms with E-state index in [1.54, 1.807) is 13.8 Å². The van der Waals surface area contributed by atoms with E-state index in [4.69, 9.17) is 27.9 Å². The van der Waals surface area contributed by atoms with Crippen LogP contribution in [0.4, 0.5) is 0 Å². The largest absolute Gasteiger partial charge is 0.450 e. The number of carbonyl (C=O) groups is 1. The van der Waals surface area contributed by atoms with Crippen molar-refractivity contribution in [2.75, 3.05) is 0 Å². The number of cyclic esters (lactones) is 1. The van der Waals surface area contributed by atoms with Gasteiger partial charge in [0, 0.05) is 0 Å². The first-order chi connectivity index (χ1) is 4.45. The molecule has 0 saturated carbocycles. The minimum Gasteiger partial charge on any atom is -0.450 e. The molecule has 56 valence electrons. The normalized spacial score (nSPS) is 23.4. The van der Waals surface area contributed by atoms with Crippen molar-refractivity contribution < 1.29 is 9.53 Å². The Morgan fingerprint density at radius 2 is 1.90 bits per heavy atom. The van der Waals surface area contributed by atoms with Crippen LogP contribution >= 0.6 is 23.2 Å². The van der Waals surface area contributed by atoms with Crippen LogP contribution in [-0.2, 0) is 9.53 Å². The van der Waals surface area contributed by atoms with E-state index >= 15 is 0 Å². The second-order valence-electron chi connectivity index (χ2n) is 2.53. The van der Waals surface area contributed by atoms with Gasteiger partial charge in [-0.05, 0) is 13.8 Å². The van der Waals surface area contributed by atoms with Crippen LogP contribution < -0.4 is 0 Å². The highest BCUT2D eigenvalue weighted by Crippen LogP contribution is 2.36. The van der Waals surface area contributed by atoms with Crippen molar-refractivity contribution >= 4 is 29.2 Å². The molecule has 1 heterocycles. The van der Waals surface area contributed by atoms with Gasteiger partial charge in [-0.15, -0.1) is 0 Å². The lowest BCUT2D eigenvalue weighted by molar-refractivity contribution is -0.143. The molecule has 4 heteroatoms. The van der Waals surface area contributed by atoms with Gasteiger partial charge in [-0.1, -0.05) is 23.2 Å². The number of halogens is 2. The Kier molecular flexibility index (Phi) is 1.69. The molecule has 0 bridgehead atoms. The predicted octanol–water partition coefficient (Wildman–Crippen LogP) is 2.01. The number of carbonyl (C=O) groups excluding carboxylic acids is 1. The van der Waals surface area contributed by atoms with Crippen LogP contribution in [0.5, 0.6) is 0 Å². The Labute approximate surface area is 68.8 Å². The van der Waals surface area contributed by atoms with Gasteiger partial charge in [0.2, 0.25) is 0 Å². The molecule has 0 saturated heterocycles. The molecule has 0 atom stereocenters. The summed E-state index contributed by atoms with van der Waals surface area (Å²) in [5.41, 5.74) is -0.740. The smallest absolute Gasteiger partial charge is 0.352 e. The lowest BCUT2D eigenvalue weighted by atomic mass is 10.1. The van der Waals surface area contributed by atoms with Crippen LogP contribution in [0.1, 0.15) is 13.8 Å². The molecule has 0 N–H and O–H groups in total. The Bertz CT molecular complexity index is 218. The Balaban J connectivity index is 3.06. The monoisotopic (exact) mass is 180 g/mol. The van der Waals surface area contributed by atoms with Crippen molar-refractivity contribution in [2.24, 2.45) is 0 Å². The number of esters is 1. The maximum atomic E-state index is 10.7. The van der Waals surface area contributed by atoms with E-state index in [0.29, 0.717) is 0 Å². The van der Waals surface area contributed by atoms with Gasteiger partial charge >= 0.3 is 5.97 Å². The minimum atomic E-state index is -0.740. The number of rotatable bonds is 0. The number of hydrogen-bond acceptors (Lipinski definition) is 2. The highest BCUT2D eigenvalue weighted by atomic mass is 35.5. The van der Waals surface area contributed by atoms with Gasteiger partial charge in [-0.25, -0.2) is 4.79 Å². The molecule has 0 aliphatic carbocycles. The molecule has 2 nitrogen and oxygen atoms in total. The molecule has 0 unspecified atom stereocenters. The van der Waals surface area contributed by atoms with Crippen molar-refractivity contribution in [3.8, 4) is 0 Å². The van der Waals surface area contributed by atoms with E-state index in [1.807, 2.05) is 0 Å². The maximum Gasteiger partial charge on any atom is 0.352 e. The van der Waals surface area contributed by atoms with Crippen LogP contribution in [0, 0.1) is 0 Å². The molecule has 0 aromatic heterocycles. The van der Waals surface area contributed by atoms with Crippen molar-refractivity contribution in [3.05, 3.63) is 10.1 Å². The molecular formula is C6H6Cl2O2. The van der Waals surface area contributed by atoms with E-state index in [9.17, 15) is 4.79 Å². The zero-order valence-corrected chi connectivity index (χ0v) is 7.08. The molecule has 10 heavy (non-hydrogen) atoms. The van der Waals surface area contributed by atoms with E-state index in [1.165, 1.54) is 0 Å². The molecule has 0 amide bonds. The van der Waals surface area contributed by atoms with Crippen molar-refractivity contribution in [1.82, 2.24) is 0 Å². The summed E-state index contributed by atoms with van der Waals surface area (Å²) in [6, 6.07) is 0. The highest BCUT2D eigenvalue weighted by molar-refractivity contribution is 6.49. The zero-order chi connectivity index (χ0) is 7.94. The van der Waals surface area contributed by atoms with Crippen LogP contribution in [-0.4, -0.2) is 11.6 Å². The van der Waals surface area contributed by atoms with E-state index < -0.39 is 11.6 Å². The third-order valence-electron chi connectivity index (χ3n) is 1.25. The summed E-state index contributed by atoms with van der Waals surface area (Å²) >= 11 is 11.1. The molecule has 0 fully saturated rings. The lowest BCUT2D eigenvalue weighted by Gasteiger charge is -2.15. The van der Waals surface area contributed by atoms with Crippen LogP contribution in [0.25, 0.3) is 0 Å². The average molecular weight is 181 g/mol. The Morgan fingerprint density at radius 3 is 2.00 bits per heavy atom. The number of ether oxygens (including phenoxy) is 1. The standard InChI is InChI=1S/C6H6Cl2O2/c1-6(2)4(8)3(7)5(9)10-6/h1-2H3. The molecule has 1 aliphatic rings. The maximum absolute atomic E-state index is 10.7. The van der Waals surface area contributed by atoms with Gasteiger partial charge in [-0.3, -0.25) is 0 Å². The van der Waals surface area contributed by atoms with Gasteiger partial charge in [0.25, 0.3) is 0 Å². The van der Waals surface area contributed by atoms with E-state index in [0.717, 1.165) is 0 Å². The summed E-state index contributed by atoms with van der Waals surface area (Å²) in [7, 11) is 0. The minimum absolute atomic E-state index is 0.00772. The van der Waals surface area contributed by atoms with Gasteiger partial charge in [0.1, 0.15) is 10.6 Å². The van der Waals surface area contributed by atoms with Crippen molar-refractivity contribution in [3.63, 3.8) is 0 Å². The Morgan fingerprint density at radius 1 is 1.40 bits per heavy atom. The fraction of sp³-hybridized carbons (Fsp3) is 0.500. The Hall–Kier alpha value is -0.210. The fourth-order valence-electron chi connectivity index (χ4n) is 0.675. The van der Waals surface area contributed by atoms with Gasteiger partial charge in [0.05, 0.1) is 5.03 Å². The molecule has 0 radical (unpaired) electrons. The SMILES string of the molecule is CC1(C)OC(=O)C(Cl)=C1Cl. The summed E-state index contributed by atoms with van der Waals surface area (Å²) in [6.45, 7) is 3.37. The highest BCUT2D eigenvalue weighted by Gasteiger charge is 2.38. The van der Waals surface area contributed by atoms with Crippen LogP contribution in [0.3, 0.4) is 0 Å². The molecule has 1 aliphatic heterocycles. The van der Waals surface area contributed by atoms with Crippen molar-refractivity contribution in [2.45, 2.75) is 19.4 Å². The second kappa shape index (κ2) is 2.14. The van der Waals surface area contributed by atoms with Gasteiger partial charge in [-0.2, -0.15) is 0 Å². The molecule has 0 spiro atoms. The lowest BCUT2D eigenvalue weighted by Crippen LogP contribution is -2.20. The quantitative estimate of drug-likeness (QED) is 0.534. The molecule has 0 aromatic rings. The van der Waals surface area contributed by atoms with E-state index in [2.05, 4.69) is 0 Å². The van der Waals surface area contributed by atoms with Gasteiger partial charge < -0.3 is 4.74 Å². The fourth-order valence-corrected chi connectivity index (χ4v) is 1.06. The van der Waals surface area contributed by atoms with Gasteiger partial charge in [0.15, 0.2) is 0 Å². The topological polar surface area (TPSA) is 26.3 Å². The van der Waals surface area contributed by atoms with E-state index in [-0.39, 0.29) is 10.1 Å². The molecular weight excluding hydrogens is 175 g/mol. The molecule has 1 rings (SSSR count). The predicted molar refractivity (Wildman–Crippen MR) is 38.9 cm³/mol. The third-order valence-corrected chi connectivity index (χ3v) is 2.33. The second-order valence-corrected chi connectivity index (χ2v) is 3.28. The summed E-state index contributed by atoms with van der Waals surface area (Å²) in [5, 5.41) is 0.269. The summed E-state index contributed by atoms with van der Waals surface area (Å²) < 4.78 is 4.80. The summed E-state index contributed by atoms with van der Waals surface area (Å²) in [5.74, 6) is -0.545. The summed E-state index contributed by atoms with van der Waals surface area (Å²) in [6.07, 6.45) is 0.